The Labute approximate surface area is 199 Å². The second-order valence-corrected chi connectivity index (χ2v) is 10.6. The summed E-state index contributed by atoms with van der Waals surface area (Å²) in [6.45, 7) is 4.52. The quantitative estimate of drug-likeness (QED) is 0.573. The Morgan fingerprint density at radius 3 is 2.33 bits per heavy atom. The molecule has 1 N–H and O–H groups in total. The number of para-hydroxylation sites is 1. The number of rotatable bonds is 6. The summed E-state index contributed by atoms with van der Waals surface area (Å²) in [6.07, 6.45) is 0.965. The first-order valence-electron chi connectivity index (χ1n) is 10.9. The first-order chi connectivity index (χ1) is 15.8. The molecule has 1 amide bonds. The fraction of sp³-hybridized carbons (Fsp3) is 0.333. The number of nitrogens with zero attached hydrogens (tertiary/aromatic N) is 3. The number of halogens is 1. The average Bonchev–Trinajstić information content (AvgIpc) is 3.13. The van der Waals surface area contributed by atoms with Crippen molar-refractivity contribution in [1.29, 1.82) is 0 Å². The molecule has 2 heterocycles. The van der Waals surface area contributed by atoms with E-state index in [4.69, 9.17) is 11.6 Å². The van der Waals surface area contributed by atoms with E-state index in [1.807, 2.05) is 42.5 Å². The molecule has 1 aromatic heterocycles. The topological polar surface area (TPSA) is 84.3 Å². The molecule has 0 aliphatic carbocycles. The zero-order valence-corrected chi connectivity index (χ0v) is 20.2. The van der Waals surface area contributed by atoms with Crippen LogP contribution in [0.2, 0.25) is 5.02 Å². The molecule has 174 valence electrons. The van der Waals surface area contributed by atoms with Crippen LogP contribution in [-0.2, 0) is 21.4 Å². The summed E-state index contributed by atoms with van der Waals surface area (Å²) in [4.78, 5) is 12.9. The zero-order chi connectivity index (χ0) is 23.6. The van der Waals surface area contributed by atoms with Gasteiger partial charge in [-0.2, -0.15) is 9.40 Å². The number of carbonyl (C=O) groups excluding carboxylic acids is 1. The zero-order valence-electron chi connectivity index (χ0n) is 18.7. The van der Waals surface area contributed by atoms with E-state index in [0.717, 1.165) is 11.3 Å². The Kier molecular flexibility index (Phi) is 6.88. The van der Waals surface area contributed by atoms with Crippen LogP contribution in [0.5, 0.6) is 0 Å². The minimum atomic E-state index is -3.71. The molecule has 0 radical (unpaired) electrons. The molecular formula is C24H27ClN4O3S. The molecule has 0 spiro atoms. The number of sulfonamides is 1. The van der Waals surface area contributed by atoms with Gasteiger partial charge in [0.15, 0.2) is 0 Å². The number of hydrogen-bond acceptors (Lipinski definition) is 4. The lowest BCUT2D eigenvalue weighted by molar-refractivity contribution is -0.126. The number of benzene rings is 2. The van der Waals surface area contributed by atoms with E-state index in [9.17, 15) is 13.2 Å². The van der Waals surface area contributed by atoms with Crippen molar-refractivity contribution < 1.29 is 13.2 Å². The van der Waals surface area contributed by atoms with Gasteiger partial charge in [-0.1, -0.05) is 41.9 Å². The lowest BCUT2D eigenvalue weighted by atomic mass is 9.97. The van der Waals surface area contributed by atoms with Crippen molar-refractivity contribution >= 4 is 27.5 Å². The third-order valence-corrected chi connectivity index (χ3v) is 8.43. The van der Waals surface area contributed by atoms with Crippen LogP contribution in [-0.4, -0.2) is 41.5 Å². The molecule has 2 aromatic carbocycles. The van der Waals surface area contributed by atoms with Crippen molar-refractivity contribution in [3.63, 3.8) is 0 Å². The van der Waals surface area contributed by atoms with E-state index < -0.39 is 10.0 Å². The highest BCUT2D eigenvalue weighted by Crippen LogP contribution is 2.29. The minimum Gasteiger partial charge on any atom is -0.352 e. The summed E-state index contributed by atoms with van der Waals surface area (Å²) in [5.74, 6) is -0.260. The van der Waals surface area contributed by atoms with Crippen LogP contribution >= 0.6 is 11.6 Å². The lowest BCUT2D eigenvalue weighted by Crippen LogP contribution is -2.43. The fourth-order valence-electron chi connectivity index (χ4n) is 4.25. The van der Waals surface area contributed by atoms with Crippen molar-refractivity contribution in [2.75, 3.05) is 13.1 Å². The van der Waals surface area contributed by atoms with Crippen LogP contribution in [0.4, 0.5) is 0 Å². The molecule has 4 rings (SSSR count). The van der Waals surface area contributed by atoms with E-state index in [0.29, 0.717) is 48.9 Å². The van der Waals surface area contributed by atoms with Crippen LogP contribution in [0.25, 0.3) is 5.69 Å². The molecule has 3 aromatic rings. The second kappa shape index (κ2) is 9.67. The Morgan fingerprint density at radius 2 is 1.70 bits per heavy atom. The number of nitrogens with one attached hydrogen (secondary N) is 1. The molecule has 0 bridgehead atoms. The predicted molar refractivity (Wildman–Crippen MR) is 128 cm³/mol. The average molecular weight is 487 g/mol. The van der Waals surface area contributed by atoms with Crippen LogP contribution in [0.3, 0.4) is 0 Å². The Morgan fingerprint density at radius 1 is 1.06 bits per heavy atom. The maximum absolute atomic E-state index is 13.4. The smallest absolute Gasteiger partial charge is 0.246 e. The lowest BCUT2D eigenvalue weighted by Gasteiger charge is -2.30. The molecule has 1 aliphatic rings. The van der Waals surface area contributed by atoms with Crippen molar-refractivity contribution in [3.05, 3.63) is 76.6 Å². The van der Waals surface area contributed by atoms with E-state index in [2.05, 4.69) is 10.4 Å². The number of aryl methyl sites for hydroxylation is 1. The van der Waals surface area contributed by atoms with Crippen LogP contribution in [0.15, 0.2) is 59.5 Å². The summed E-state index contributed by atoms with van der Waals surface area (Å²) < 4.78 is 30.0. The molecule has 0 unspecified atom stereocenters. The van der Waals surface area contributed by atoms with Gasteiger partial charge in [0.25, 0.3) is 0 Å². The normalized spacial score (nSPS) is 15.5. The van der Waals surface area contributed by atoms with E-state index >= 15 is 0 Å². The van der Waals surface area contributed by atoms with E-state index in [1.165, 1.54) is 4.31 Å². The van der Waals surface area contributed by atoms with Gasteiger partial charge in [0.05, 0.1) is 17.1 Å². The highest BCUT2D eigenvalue weighted by molar-refractivity contribution is 7.89. The Bertz CT molecular complexity index is 1230. The summed E-state index contributed by atoms with van der Waals surface area (Å²) in [5, 5.41) is 8.08. The van der Waals surface area contributed by atoms with Gasteiger partial charge in [0.1, 0.15) is 4.90 Å². The van der Waals surface area contributed by atoms with Gasteiger partial charge in [-0.15, -0.1) is 0 Å². The maximum Gasteiger partial charge on any atom is 0.246 e. The molecular weight excluding hydrogens is 460 g/mol. The predicted octanol–water partition coefficient (Wildman–Crippen LogP) is 3.86. The monoisotopic (exact) mass is 486 g/mol. The van der Waals surface area contributed by atoms with Gasteiger partial charge in [0.2, 0.25) is 15.9 Å². The molecule has 1 aliphatic heterocycles. The summed E-state index contributed by atoms with van der Waals surface area (Å²) in [5.41, 5.74) is 2.84. The molecule has 0 atom stereocenters. The third-order valence-electron chi connectivity index (χ3n) is 6.03. The number of aromatic nitrogens is 2. The van der Waals surface area contributed by atoms with Crippen LogP contribution < -0.4 is 5.32 Å². The third kappa shape index (κ3) is 4.98. The SMILES string of the molecule is Cc1nn(-c2ccccc2)c(C)c1S(=O)(=O)N1CCC(C(=O)NCc2ccc(Cl)cc2)CC1. The van der Waals surface area contributed by atoms with Crippen molar-refractivity contribution in [1.82, 2.24) is 19.4 Å². The van der Waals surface area contributed by atoms with Crippen molar-refractivity contribution in [2.45, 2.75) is 38.1 Å². The molecule has 9 heteroatoms. The second-order valence-electron chi connectivity index (χ2n) is 8.27. The first-order valence-corrected chi connectivity index (χ1v) is 12.7. The maximum atomic E-state index is 13.4. The van der Waals surface area contributed by atoms with Gasteiger partial charge >= 0.3 is 0 Å². The molecule has 0 saturated carbocycles. The van der Waals surface area contributed by atoms with E-state index in [1.54, 1.807) is 30.7 Å². The van der Waals surface area contributed by atoms with Crippen molar-refractivity contribution in [3.8, 4) is 5.69 Å². The number of carbonyl (C=O) groups is 1. The summed E-state index contributed by atoms with van der Waals surface area (Å²) in [7, 11) is -3.71. The Balaban J connectivity index is 1.41. The van der Waals surface area contributed by atoms with Gasteiger partial charge in [-0.25, -0.2) is 13.1 Å². The van der Waals surface area contributed by atoms with Crippen LogP contribution in [0.1, 0.15) is 29.8 Å². The standard InChI is InChI=1S/C24H27ClN4O3S/c1-17-23(18(2)29(27-17)22-6-4-3-5-7-22)33(31,32)28-14-12-20(13-15-28)24(30)26-16-19-8-10-21(25)11-9-19/h3-11,20H,12-16H2,1-2H3,(H,26,30). The molecule has 1 saturated heterocycles. The number of amides is 1. The largest absolute Gasteiger partial charge is 0.352 e. The highest BCUT2D eigenvalue weighted by atomic mass is 35.5. The summed E-state index contributed by atoms with van der Waals surface area (Å²) in [6, 6.07) is 16.8. The van der Waals surface area contributed by atoms with Crippen LogP contribution in [0, 0.1) is 19.8 Å². The first kappa shape index (κ1) is 23.5. The van der Waals surface area contributed by atoms with Gasteiger partial charge in [0, 0.05) is 30.6 Å². The fourth-order valence-corrected chi connectivity index (χ4v) is 6.20. The summed E-state index contributed by atoms with van der Waals surface area (Å²) >= 11 is 5.90. The number of hydrogen-bond donors (Lipinski definition) is 1. The number of piperidine rings is 1. The minimum absolute atomic E-state index is 0.0498. The van der Waals surface area contributed by atoms with Gasteiger partial charge < -0.3 is 5.32 Å². The van der Waals surface area contributed by atoms with Crippen molar-refractivity contribution in [2.24, 2.45) is 5.92 Å². The molecule has 1 fully saturated rings. The molecule has 33 heavy (non-hydrogen) atoms. The van der Waals surface area contributed by atoms with Gasteiger partial charge in [-0.05, 0) is 56.5 Å². The van der Waals surface area contributed by atoms with Gasteiger partial charge in [-0.3, -0.25) is 4.79 Å². The van der Waals surface area contributed by atoms with E-state index in [-0.39, 0.29) is 16.7 Å². The highest BCUT2D eigenvalue weighted by Gasteiger charge is 2.35. The molecule has 7 nitrogen and oxygen atoms in total. The Hall–Kier alpha value is -2.68.